The average molecular weight is 439 g/mol. The molecule has 0 bridgehead atoms. The van der Waals surface area contributed by atoms with Gasteiger partial charge in [0.1, 0.15) is 23.2 Å². The highest BCUT2D eigenvalue weighted by atomic mass is 32.2. The van der Waals surface area contributed by atoms with Crippen LogP contribution >= 0.6 is 0 Å². The largest absolute Gasteiger partial charge is 0.374 e. The van der Waals surface area contributed by atoms with E-state index in [1.165, 1.54) is 25.3 Å². The van der Waals surface area contributed by atoms with E-state index in [1.54, 1.807) is 0 Å². The van der Waals surface area contributed by atoms with Crippen molar-refractivity contribution >= 4 is 27.6 Å². The number of sulfonamides is 1. The number of nitrogens with two attached hydrogens (primary N) is 1. The van der Waals surface area contributed by atoms with Crippen molar-refractivity contribution in [3.8, 4) is 0 Å². The van der Waals surface area contributed by atoms with Gasteiger partial charge in [-0.1, -0.05) is 0 Å². The Bertz CT molecular complexity index is 1100. The van der Waals surface area contributed by atoms with Crippen LogP contribution in [0.25, 0.3) is 0 Å². The molecule has 3 aliphatic heterocycles. The summed E-state index contributed by atoms with van der Waals surface area (Å²) in [4.78, 5) is 16.7. The number of aliphatic imine (C=N–C) groups is 1. The minimum atomic E-state index is -4.03. The van der Waals surface area contributed by atoms with Crippen LogP contribution in [0.1, 0.15) is 12.0 Å². The lowest BCUT2D eigenvalue weighted by molar-refractivity contribution is -0.116. The monoisotopic (exact) mass is 439 g/mol. The number of guanidine groups is 1. The SMILES string of the molecule is CN1C(N)=N[C@@]2(c3cc(NC(=O)C4C=CC(F)=CN4)ccc3F)CCOC2S1(=O)=O. The number of carbonyl (C=O) groups is 1. The molecule has 9 nitrogen and oxygen atoms in total. The molecule has 160 valence electrons. The number of allylic oxidation sites excluding steroid dienone is 2. The fourth-order valence-corrected chi connectivity index (χ4v) is 5.32. The number of ether oxygens (including phenoxy) is 1. The van der Waals surface area contributed by atoms with Gasteiger partial charge in [-0.2, -0.15) is 0 Å². The van der Waals surface area contributed by atoms with Gasteiger partial charge in [0.2, 0.25) is 11.4 Å². The highest BCUT2D eigenvalue weighted by Crippen LogP contribution is 2.46. The zero-order valence-corrected chi connectivity index (χ0v) is 16.6. The van der Waals surface area contributed by atoms with Gasteiger partial charge in [0, 0.05) is 30.9 Å². The maximum Gasteiger partial charge on any atom is 0.267 e. The van der Waals surface area contributed by atoms with E-state index in [0.29, 0.717) is 0 Å². The quantitative estimate of drug-likeness (QED) is 0.634. The Kier molecular flexibility index (Phi) is 4.77. The second-order valence-electron chi connectivity index (χ2n) is 7.08. The van der Waals surface area contributed by atoms with Crippen molar-refractivity contribution in [3.05, 3.63) is 53.8 Å². The highest BCUT2D eigenvalue weighted by molar-refractivity contribution is 7.90. The number of hydrogen-bond acceptors (Lipinski definition) is 7. The van der Waals surface area contributed by atoms with Crippen LogP contribution in [0.4, 0.5) is 14.5 Å². The number of nitrogens with zero attached hydrogens (tertiary/aromatic N) is 2. The minimum Gasteiger partial charge on any atom is -0.374 e. The van der Waals surface area contributed by atoms with Gasteiger partial charge < -0.3 is 21.1 Å². The summed E-state index contributed by atoms with van der Waals surface area (Å²) in [6, 6.07) is 2.93. The molecule has 1 amide bonds. The van der Waals surface area contributed by atoms with Crippen molar-refractivity contribution in [2.24, 2.45) is 10.7 Å². The normalized spacial score (nSPS) is 29.5. The van der Waals surface area contributed by atoms with Gasteiger partial charge in [-0.05, 0) is 30.4 Å². The van der Waals surface area contributed by atoms with Gasteiger partial charge in [0.05, 0.1) is 6.61 Å². The van der Waals surface area contributed by atoms with Crippen molar-refractivity contribution in [2.45, 2.75) is 23.4 Å². The number of amides is 1. The lowest BCUT2D eigenvalue weighted by Gasteiger charge is -2.38. The van der Waals surface area contributed by atoms with E-state index in [0.717, 1.165) is 22.6 Å². The van der Waals surface area contributed by atoms with Gasteiger partial charge >= 0.3 is 0 Å². The molecular weight excluding hydrogens is 420 g/mol. The van der Waals surface area contributed by atoms with Crippen LogP contribution in [-0.2, 0) is 25.1 Å². The number of carbonyl (C=O) groups excluding carboxylic acids is 1. The molecule has 0 spiro atoms. The first-order valence-corrected chi connectivity index (χ1v) is 10.5. The Morgan fingerprint density at radius 1 is 1.43 bits per heavy atom. The molecule has 2 unspecified atom stereocenters. The molecule has 0 aromatic heterocycles. The molecular formula is C18H19F2N5O4S. The average Bonchev–Trinajstić information content (AvgIpc) is 3.14. The van der Waals surface area contributed by atoms with E-state index < -0.39 is 44.6 Å². The summed E-state index contributed by atoms with van der Waals surface area (Å²) in [5.41, 5.74) is 2.95. The van der Waals surface area contributed by atoms with E-state index >= 15 is 0 Å². The third kappa shape index (κ3) is 3.12. The second-order valence-corrected chi connectivity index (χ2v) is 9.08. The van der Waals surface area contributed by atoms with E-state index in [4.69, 9.17) is 10.5 Å². The predicted molar refractivity (Wildman–Crippen MR) is 105 cm³/mol. The highest BCUT2D eigenvalue weighted by Gasteiger charge is 2.58. The molecule has 3 heterocycles. The Morgan fingerprint density at radius 2 is 2.20 bits per heavy atom. The second kappa shape index (κ2) is 7.06. The van der Waals surface area contributed by atoms with E-state index in [-0.39, 0.29) is 30.2 Å². The third-order valence-electron chi connectivity index (χ3n) is 5.26. The molecule has 1 aromatic carbocycles. The number of fused-ring (bicyclic) bond motifs is 1. The number of hydrogen-bond donors (Lipinski definition) is 3. The molecule has 0 aliphatic carbocycles. The zero-order valence-electron chi connectivity index (χ0n) is 15.8. The van der Waals surface area contributed by atoms with E-state index in [1.807, 2.05) is 0 Å². The van der Waals surface area contributed by atoms with Crippen molar-refractivity contribution in [3.63, 3.8) is 0 Å². The summed E-state index contributed by atoms with van der Waals surface area (Å²) in [6.07, 6.45) is 3.64. The molecule has 1 aromatic rings. The Labute approximate surface area is 171 Å². The van der Waals surface area contributed by atoms with Crippen LogP contribution in [0.2, 0.25) is 0 Å². The van der Waals surface area contributed by atoms with Gasteiger partial charge in [0.25, 0.3) is 15.9 Å². The van der Waals surface area contributed by atoms with Crippen LogP contribution in [0.15, 0.2) is 47.4 Å². The molecule has 4 N–H and O–H groups in total. The number of nitrogens with one attached hydrogen (secondary N) is 2. The fourth-order valence-electron chi connectivity index (χ4n) is 3.67. The Balaban J connectivity index is 1.70. The standard InChI is InChI=1S/C18H19F2N5O4S/c1-25-17(21)24-18(6-7-29-16(18)30(25,27)28)12-8-11(3-4-13(12)20)23-15(26)14-5-2-10(19)9-22-14/h2-5,8-9,14,16,22H,6-7H2,1H3,(H2,21,24)(H,23,26)/t14?,16?,18-/m1/s1. The smallest absolute Gasteiger partial charge is 0.267 e. The Morgan fingerprint density at radius 3 is 2.90 bits per heavy atom. The lowest BCUT2D eigenvalue weighted by Crippen LogP contribution is -2.55. The van der Waals surface area contributed by atoms with Crippen LogP contribution in [-0.4, -0.2) is 49.7 Å². The minimum absolute atomic E-state index is 0.0409. The van der Waals surface area contributed by atoms with Crippen LogP contribution in [0.5, 0.6) is 0 Å². The number of rotatable bonds is 3. The molecule has 30 heavy (non-hydrogen) atoms. The van der Waals surface area contributed by atoms with Gasteiger partial charge in [0.15, 0.2) is 0 Å². The van der Waals surface area contributed by atoms with Crippen molar-refractivity contribution < 1.29 is 26.7 Å². The summed E-state index contributed by atoms with van der Waals surface area (Å²) in [6.45, 7) is 0.0409. The maximum atomic E-state index is 14.8. The van der Waals surface area contributed by atoms with Gasteiger partial charge in [-0.25, -0.2) is 26.5 Å². The van der Waals surface area contributed by atoms with E-state index in [2.05, 4.69) is 15.6 Å². The fraction of sp³-hybridized carbons (Fsp3) is 0.333. The lowest BCUT2D eigenvalue weighted by atomic mass is 9.88. The first kappa shape index (κ1) is 20.3. The van der Waals surface area contributed by atoms with Crippen LogP contribution in [0, 0.1) is 5.82 Å². The summed E-state index contributed by atoms with van der Waals surface area (Å²) >= 11 is 0. The molecule has 0 radical (unpaired) electrons. The van der Waals surface area contributed by atoms with Gasteiger partial charge in [-0.3, -0.25) is 4.79 Å². The van der Waals surface area contributed by atoms with E-state index in [9.17, 15) is 22.0 Å². The molecule has 1 fully saturated rings. The number of anilines is 1. The zero-order chi connectivity index (χ0) is 21.7. The predicted octanol–water partition coefficient (Wildman–Crippen LogP) is 0.635. The molecule has 1 saturated heterocycles. The van der Waals surface area contributed by atoms with Crippen molar-refractivity contribution in [1.29, 1.82) is 0 Å². The molecule has 3 atom stereocenters. The third-order valence-corrected chi connectivity index (χ3v) is 7.28. The summed E-state index contributed by atoms with van der Waals surface area (Å²) < 4.78 is 59.7. The topological polar surface area (TPSA) is 126 Å². The molecule has 3 aliphatic rings. The molecule has 12 heteroatoms. The number of dihydropyridines is 1. The summed E-state index contributed by atoms with van der Waals surface area (Å²) in [7, 11) is -2.78. The summed E-state index contributed by atoms with van der Waals surface area (Å²) in [5.74, 6) is -2.02. The van der Waals surface area contributed by atoms with Crippen LogP contribution < -0.4 is 16.4 Å². The first-order valence-electron chi connectivity index (χ1n) is 9.01. The molecule has 0 saturated carbocycles. The number of halogens is 2. The van der Waals surface area contributed by atoms with Crippen molar-refractivity contribution in [2.75, 3.05) is 19.0 Å². The summed E-state index contributed by atoms with van der Waals surface area (Å²) in [5, 5.41) is 5.18. The Hall–Kier alpha value is -2.99. The maximum absolute atomic E-state index is 14.8. The molecule has 4 rings (SSSR count). The van der Waals surface area contributed by atoms with Crippen LogP contribution in [0.3, 0.4) is 0 Å². The number of benzene rings is 1. The van der Waals surface area contributed by atoms with Crippen molar-refractivity contribution in [1.82, 2.24) is 9.62 Å². The van der Waals surface area contributed by atoms with Gasteiger partial charge in [-0.15, -0.1) is 0 Å². The first-order chi connectivity index (χ1) is 14.1.